The van der Waals surface area contributed by atoms with E-state index in [4.69, 9.17) is 4.74 Å². The Kier molecular flexibility index (Phi) is 8.07. The largest absolute Gasteiger partial charge is 0.444 e. The summed E-state index contributed by atoms with van der Waals surface area (Å²) in [6.07, 6.45) is 4.21. The number of ether oxygens (including phenoxy) is 1. The molecular weight excluding hydrogens is 416 g/mol. The van der Waals surface area contributed by atoms with Gasteiger partial charge in [0.05, 0.1) is 11.9 Å². The second-order valence-corrected chi connectivity index (χ2v) is 8.56. The minimum atomic E-state index is -0.523. The SMILES string of the molecule is CN=C(NCCc1ccc(NC(=O)OC(C)(C)C)cc1)NCc1cnn(-c2ccccc2)c1. The second kappa shape index (κ2) is 11.2. The number of rotatable bonds is 7. The number of guanidine groups is 1. The van der Waals surface area contributed by atoms with Crippen molar-refractivity contribution in [3.8, 4) is 5.69 Å². The van der Waals surface area contributed by atoms with Crippen molar-refractivity contribution in [3.63, 3.8) is 0 Å². The summed E-state index contributed by atoms with van der Waals surface area (Å²) in [5.74, 6) is 0.727. The summed E-state index contributed by atoms with van der Waals surface area (Å²) in [5, 5.41) is 13.8. The van der Waals surface area contributed by atoms with E-state index in [2.05, 4.69) is 26.0 Å². The van der Waals surface area contributed by atoms with Gasteiger partial charge in [-0.2, -0.15) is 5.10 Å². The number of nitrogens with zero attached hydrogens (tertiary/aromatic N) is 3. The Labute approximate surface area is 195 Å². The highest BCUT2D eigenvalue weighted by Crippen LogP contribution is 2.13. The van der Waals surface area contributed by atoms with Gasteiger partial charge in [-0.1, -0.05) is 30.3 Å². The molecule has 1 heterocycles. The topological polar surface area (TPSA) is 92.6 Å². The Balaban J connectivity index is 1.41. The van der Waals surface area contributed by atoms with E-state index in [1.165, 1.54) is 0 Å². The molecule has 174 valence electrons. The molecule has 8 nitrogen and oxygen atoms in total. The molecule has 2 aromatic carbocycles. The van der Waals surface area contributed by atoms with Crippen LogP contribution in [0.2, 0.25) is 0 Å². The molecule has 0 aliphatic carbocycles. The van der Waals surface area contributed by atoms with Crippen molar-refractivity contribution >= 4 is 17.7 Å². The van der Waals surface area contributed by atoms with E-state index < -0.39 is 11.7 Å². The van der Waals surface area contributed by atoms with Gasteiger partial charge >= 0.3 is 6.09 Å². The number of aliphatic imine (C=N–C) groups is 1. The predicted molar refractivity (Wildman–Crippen MR) is 132 cm³/mol. The maximum atomic E-state index is 11.9. The summed E-state index contributed by atoms with van der Waals surface area (Å²) in [7, 11) is 1.75. The van der Waals surface area contributed by atoms with Gasteiger partial charge in [-0.15, -0.1) is 0 Å². The Morgan fingerprint density at radius 3 is 2.42 bits per heavy atom. The van der Waals surface area contributed by atoms with Crippen molar-refractivity contribution in [2.75, 3.05) is 18.9 Å². The normalized spacial score (nSPS) is 11.7. The number of hydrogen-bond donors (Lipinski definition) is 3. The molecule has 1 aromatic heterocycles. The van der Waals surface area contributed by atoms with Crippen molar-refractivity contribution in [2.45, 2.75) is 39.3 Å². The Bertz CT molecular complexity index is 1050. The number of anilines is 1. The van der Waals surface area contributed by atoms with E-state index in [1.54, 1.807) is 7.05 Å². The average Bonchev–Trinajstić information content (AvgIpc) is 3.25. The number of hydrogen-bond acceptors (Lipinski definition) is 4. The Morgan fingerprint density at radius 2 is 1.76 bits per heavy atom. The number of carbonyl (C=O) groups excluding carboxylic acids is 1. The lowest BCUT2D eigenvalue weighted by Crippen LogP contribution is -2.37. The van der Waals surface area contributed by atoms with Gasteiger partial charge in [0.2, 0.25) is 0 Å². The molecule has 3 aromatic rings. The van der Waals surface area contributed by atoms with Crippen LogP contribution in [0.4, 0.5) is 10.5 Å². The molecule has 0 saturated carbocycles. The van der Waals surface area contributed by atoms with Gasteiger partial charge < -0.3 is 15.4 Å². The van der Waals surface area contributed by atoms with Gasteiger partial charge in [-0.3, -0.25) is 10.3 Å². The average molecular weight is 449 g/mol. The molecule has 33 heavy (non-hydrogen) atoms. The number of para-hydroxylation sites is 1. The van der Waals surface area contributed by atoms with E-state index in [1.807, 2.05) is 92.4 Å². The van der Waals surface area contributed by atoms with Crippen molar-refractivity contribution in [1.82, 2.24) is 20.4 Å². The summed E-state index contributed by atoms with van der Waals surface area (Å²) in [6.45, 7) is 6.86. The molecule has 8 heteroatoms. The number of aromatic nitrogens is 2. The molecule has 3 N–H and O–H groups in total. The van der Waals surface area contributed by atoms with Crippen LogP contribution < -0.4 is 16.0 Å². The number of nitrogens with one attached hydrogen (secondary N) is 3. The zero-order chi connectivity index (χ0) is 23.7. The van der Waals surface area contributed by atoms with E-state index in [9.17, 15) is 4.79 Å². The van der Waals surface area contributed by atoms with E-state index in [-0.39, 0.29) is 0 Å². The molecule has 0 atom stereocenters. The Morgan fingerprint density at radius 1 is 1.03 bits per heavy atom. The third-order valence-corrected chi connectivity index (χ3v) is 4.65. The van der Waals surface area contributed by atoms with Crippen molar-refractivity contribution in [3.05, 3.63) is 78.1 Å². The molecule has 0 unspecified atom stereocenters. The van der Waals surface area contributed by atoms with Gasteiger partial charge in [0.15, 0.2) is 5.96 Å². The highest BCUT2D eigenvalue weighted by Gasteiger charge is 2.16. The molecule has 0 spiro atoms. The molecule has 0 saturated heterocycles. The molecule has 0 radical (unpaired) electrons. The lowest BCUT2D eigenvalue weighted by atomic mass is 10.1. The smallest absolute Gasteiger partial charge is 0.412 e. The van der Waals surface area contributed by atoms with Crippen LogP contribution >= 0.6 is 0 Å². The zero-order valence-corrected chi connectivity index (χ0v) is 19.6. The van der Waals surface area contributed by atoms with Gasteiger partial charge in [0.1, 0.15) is 5.60 Å². The molecule has 3 rings (SSSR count). The summed E-state index contributed by atoms with van der Waals surface area (Å²) in [6, 6.07) is 17.7. The zero-order valence-electron chi connectivity index (χ0n) is 19.6. The molecule has 0 aliphatic rings. The van der Waals surface area contributed by atoms with Crippen LogP contribution in [0.3, 0.4) is 0 Å². The van der Waals surface area contributed by atoms with Gasteiger partial charge in [-0.25, -0.2) is 9.48 Å². The van der Waals surface area contributed by atoms with Crippen molar-refractivity contribution < 1.29 is 9.53 Å². The fourth-order valence-electron chi connectivity index (χ4n) is 3.08. The number of carbonyl (C=O) groups is 1. The maximum Gasteiger partial charge on any atom is 0.412 e. The van der Waals surface area contributed by atoms with Crippen molar-refractivity contribution in [1.29, 1.82) is 0 Å². The van der Waals surface area contributed by atoms with Crippen LogP contribution in [0.5, 0.6) is 0 Å². The first-order valence-corrected chi connectivity index (χ1v) is 10.9. The van der Waals surface area contributed by atoms with E-state index in [0.717, 1.165) is 35.7 Å². The van der Waals surface area contributed by atoms with Gasteiger partial charge in [0.25, 0.3) is 0 Å². The lowest BCUT2D eigenvalue weighted by Gasteiger charge is -2.19. The summed E-state index contributed by atoms with van der Waals surface area (Å²) < 4.78 is 7.12. The molecule has 0 bridgehead atoms. The van der Waals surface area contributed by atoms with Crippen LogP contribution in [0.15, 0.2) is 72.0 Å². The number of benzene rings is 2. The van der Waals surface area contributed by atoms with Crippen LogP contribution in [-0.2, 0) is 17.7 Å². The Hall–Kier alpha value is -3.81. The first-order chi connectivity index (χ1) is 15.8. The van der Waals surface area contributed by atoms with Crippen molar-refractivity contribution in [2.24, 2.45) is 4.99 Å². The number of amides is 1. The molecular formula is C25H32N6O2. The van der Waals surface area contributed by atoms with E-state index in [0.29, 0.717) is 12.2 Å². The summed E-state index contributed by atoms with van der Waals surface area (Å²) in [5.41, 5.74) is 3.42. The van der Waals surface area contributed by atoms with E-state index >= 15 is 0 Å². The highest BCUT2D eigenvalue weighted by molar-refractivity contribution is 5.84. The first-order valence-electron chi connectivity index (χ1n) is 10.9. The molecule has 0 aliphatic heterocycles. The predicted octanol–water partition coefficient (Wildman–Crippen LogP) is 4.13. The fourth-order valence-corrected chi connectivity index (χ4v) is 3.08. The summed E-state index contributed by atoms with van der Waals surface area (Å²) >= 11 is 0. The standard InChI is InChI=1S/C25H32N6O2/c1-25(2,3)33-24(32)30-21-12-10-19(11-13-21)14-15-27-23(26-4)28-16-20-17-29-31(18-20)22-8-6-5-7-9-22/h5-13,17-18H,14-16H2,1-4H3,(H,30,32)(H2,26,27,28). The molecule has 1 amide bonds. The maximum absolute atomic E-state index is 11.9. The highest BCUT2D eigenvalue weighted by atomic mass is 16.6. The minimum Gasteiger partial charge on any atom is -0.444 e. The van der Waals surface area contributed by atoms with Crippen LogP contribution in [-0.4, -0.2) is 41.0 Å². The second-order valence-electron chi connectivity index (χ2n) is 8.56. The van der Waals surface area contributed by atoms with Crippen LogP contribution in [0.1, 0.15) is 31.9 Å². The minimum absolute atomic E-state index is 0.457. The third-order valence-electron chi connectivity index (χ3n) is 4.65. The lowest BCUT2D eigenvalue weighted by molar-refractivity contribution is 0.0636. The van der Waals surface area contributed by atoms with Gasteiger partial charge in [0, 0.05) is 37.6 Å². The quantitative estimate of drug-likeness (QED) is 0.373. The third kappa shape index (κ3) is 7.99. The van der Waals surface area contributed by atoms with Crippen LogP contribution in [0, 0.1) is 0 Å². The molecule has 0 fully saturated rings. The van der Waals surface area contributed by atoms with Crippen LogP contribution in [0.25, 0.3) is 5.69 Å². The monoisotopic (exact) mass is 448 g/mol. The fraction of sp³-hybridized carbons (Fsp3) is 0.320. The first kappa shape index (κ1) is 23.8. The summed E-state index contributed by atoms with van der Waals surface area (Å²) in [4.78, 5) is 16.1. The van der Waals surface area contributed by atoms with Gasteiger partial charge in [-0.05, 0) is 57.0 Å².